The van der Waals surface area contributed by atoms with Gasteiger partial charge in [-0.25, -0.2) is 30.0 Å². The van der Waals surface area contributed by atoms with Crippen LogP contribution in [0.3, 0.4) is 0 Å². The van der Waals surface area contributed by atoms with Crippen LogP contribution in [0.1, 0.15) is 52.7 Å². The number of nitrogens with two attached hydrogens (primary N) is 2. The molecule has 0 heterocycles. The van der Waals surface area contributed by atoms with E-state index in [2.05, 4.69) is 25.5 Å². The van der Waals surface area contributed by atoms with Crippen LogP contribution >= 0.6 is 90.7 Å². The molecule has 5 rings (SSSR count). The average Bonchev–Trinajstić information content (AvgIpc) is 3.08. The van der Waals surface area contributed by atoms with E-state index < -0.39 is 36.5 Å². The predicted molar refractivity (Wildman–Crippen MR) is 243 cm³/mol. The Morgan fingerprint density at radius 2 is 0.982 bits per heavy atom. The largest absolute Gasteiger partial charge is 0.399 e. The van der Waals surface area contributed by atoms with Gasteiger partial charge in [0.2, 0.25) is 0 Å². The molecule has 0 saturated heterocycles. The second kappa shape index (κ2) is 20.7. The van der Waals surface area contributed by atoms with Crippen molar-refractivity contribution in [3.8, 4) is 0 Å². The Morgan fingerprint density at radius 3 is 1.38 bits per heavy atom. The van der Waals surface area contributed by atoms with Gasteiger partial charge < -0.3 is 11.5 Å². The van der Waals surface area contributed by atoms with E-state index in [1.54, 1.807) is 42.5 Å². The number of benzene rings is 5. The molecule has 56 heavy (non-hydrogen) atoms. The summed E-state index contributed by atoms with van der Waals surface area (Å²) >= 11 is 20.4. The Morgan fingerprint density at radius 1 is 0.571 bits per heavy atom. The molecule has 18 heteroatoms. The van der Waals surface area contributed by atoms with Gasteiger partial charge in [-0.2, -0.15) is 0 Å². The zero-order valence-corrected chi connectivity index (χ0v) is 39.6. The molecule has 0 bridgehead atoms. The van der Waals surface area contributed by atoms with Crippen LogP contribution < -0.4 is 16.2 Å². The molecule has 0 aliphatic rings. The van der Waals surface area contributed by atoms with E-state index in [9.17, 15) is 30.0 Å². The minimum atomic E-state index is -3.79. The van der Waals surface area contributed by atoms with Gasteiger partial charge in [0.15, 0.2) is 0 Å². The Balaban J connectivity index is 0.000000279. The maximum Gasteiger partial charge on any atom is 0.261 e. The highest BCUT2D eigenvalue weighted by Crippen LogP contribution is 2.29. The summed E-state index contributed by atoms with van der Waals surface area (Å²) in [6.07, 6.45) is 0. The first-order chi connectivity index (χ1) is 25.5. The van der Waals surface area contributed by atoms with Crippen molar-refractivity contribution in [1.82, 2.24) is 0 Å². The van der Waals surface area contributed by atoms with Gasteiger partial charge >= 0.3 is 0 Å². The number of halogens is 9. The molecule has 0 amide bonds. The third-order valence-corrected chi connectivity index (χ3v) is 12.7. The summed E-state index contributed by atoms with van der Waals surface area (Å²) in [4.78, 5) is 0.267. The van der Waals surface area contributed by atoms with E-state index in [1.165, 1.54) is 42.5 Å². The van der Waals surface area contributed by atoms with E-state index in [1.807, 2.05) is 66.0 Å². The van der Waals surface area contributed by atoms with Crippen LogP contribution in [-0.2, 0) is 29.9 Å². The lowest BCUT2D eigenvalue weighted by atomic mass is 9.87. The predicted octanol–water partition coefficient (Wildman–Crippen LogP) is 12.8. The van der Waals surface area contributed by atoms with Gasteiger partial charge in [0.25, 0.3) is 19.1 Å². The molecule has 0 radical (unpaired) electrons. The lowest BCUT2D eigenvalue weighted by Gasteiger charge is -2.19. The third-order valence-electron chi connectivity index (χ3n) is 7.27. The fourth-order valence-electron chi connectivity index (χ4n) is 4.11. The maximum absolute atomic E-state index is 13.6. The number of anilines is 3. The van der Waals surface area contributed by atoms with Crippen LogP contribution in [-0.4, -0.2) is 16.8 Å². The van der Waals surface area contributed by atoms with Crippen LogP contribution in [0.2, 0.25) is 15.1 Å². The van der Waals surface area contributed by atoms with Gasteiger partial charge in [-0.3, -0.25) is 4.72 Å². The van der Waals surface area contributed by atoms with Crippen LogP contribution in [0.15, 0.2) is 101 Å². The highest BCUT2D eigenvalue weighted by Gasteiger charge is 2.20. The highest BCUT2D eigenvalue weighted by atomic mass is 127. The number of rotatable bonds is 4. The Labute approximate surface area is 373 Å². The summed E-state index contributed by atoms with van der Waals surface area (Å²) in [5.74, 6) is -1.62. The lowest BCUT2D eigenvalue weighted by Crippen LogP contribution is -2.15. The van der Waals surface area contributed by atoms with E-state index >= 15 is 0 Å². The minimum Gasteiger partial charge on any atom is -0.399 e. The van der Waals surface area contributed by atoms with Gasteiger partial charge in [-0.1, -0.05) is 101 Å². The molecular formula is C38H38Cl4F3I2N3O4S2. The lowest BCUT2D eigenvalue weighted by molar-refractivity contribution is 0.587. The monoisotopic (exact) mass is 1110 g/mol. The Hall–Kier alpha value is -2.19. The van der Waals surface area contributed by atoms with E-state index in [4.69, 9.17) is 57.0 Å². The molecule has 0 aliphatic carbocycles. The van der Waals surface area contributed by atoms with Crippen molar-refractivity contribution in [2.75, 3.05) is 16.2 Å². The fourth-order valence-corrected chi connectivity index (χ4v) is 8.01. The first-order valence-electron chi connectivity index (χ1n) is 16.0. The molecule has 0 unspecified atom stereocenters. The van der Waals surface area contributed by atoms with Gasteiger partial charge in [0, 0.05) is 35.3 Å². The van der Waals surface area contributed by atoms with Gasteiger partial charge in [-0.05, 0) is 128 Å². The van der Waals surface area contributed by atoms with Crippen LogP contribution in [0.25, 0.3) is 0 Å². The van der Waals surface area contributed by atoms with Crippen LogP contribution in [0, 0.1) is 24.6 Å². The summed E-state index contributed by atoms with van der Waals surface area (Å²) in [6.45, 7) is 12.3. The van der Waals surface area contributed by atoms with Crippen molar-refractivity contribution in [3.63, 3.8) is 0 Å². The summed E-state index contributed by atoms with van der Waals surface area (Å²) in [7, 11) is -2.19. The minimum absolute atomic E-state index is 0.0224. The van der Waals surface area contributed by atoms with Crippen LogP contribution in [0.4, 0.5) is 30.2 Å². The van der Waals surface area contributed by atoms with E-state index in [0.29, 0.717) is 14.9 Å². The van der Waals surface area contributed by atoms with Crippen LogP contribution in [0.5, 0.6) is 0 Å². The van der Waals surface area contributed by atoms with Crippen molar-refractivity contribution in [3.05, 3.63) is 142 Å². The first kappa shape index (κ1) is 50.0. The second-order valence-corrected chi connectivity index (χ2v) is 21.6. The van der Waals surface area contributed by atoms with Crippen molar-refractivity contribution in [1.29, 1.82) is 0 Å². The molecule has 0 saturated carbocycles. The SMILES string of the molecule is CC(C)(C)c1ccc(S(=O)(=O)Cl)cc1.CC(C)(C)c1ccc(S(=O)(=O)Nc2cc(F)c(Cl)cc2I)cc1.Nc1cc(F)c(Cl)cc1I.Nc1ccc(Cl)c(F)c1. The molecule has 0 fully saturated rings. The average molecular weight is 1120 g/mol. The molecular weight excluding hydrogens is 1080 g/mol. The fraction of sp³-hybridized carbons (Fsp3) is 0.211. The summed E-state index contributed by atoms with van der Waals surface area (Å²) in [5.41, 5.74) is 13.7. The van der Waals surface area contributed by atoms with Crippen molar-refractivity contribution in [2.45, 2.75) is 62.2 Å². The molecule has 0 atom stereocenters. The van der Waals surface area contributed by atoms with Crippen molar-refractivity contribution < 1.29 is 30.0 Å². The highest BCUT2D eigenvalue weighted by molar-refractivity contribution is 14.1. The summed E-state index contributed by atoms with van der Waals surface area (Å²) in [5, 5.41) is 0.162. The molecule has 304 valence electrons. The normalized spacial score (nSPS) is 11.6. The molecule has 0 aromatic heterocycles. The number of hydrogen-bond acceptors (Lipinski definition) is 6. The molecule has 5 N–H and O–H groups in total. The topological polar surface area (TPSA) is 132 Å². The number of hydrogen-bond donors (Lipinski definition) is 3. The van der Waals surface area contributed by atoms with E-state index in [0.717, 1.165) is 20.8 Å². The van der Waals surface area contributed by atoms with Crippen molar-refractivity contribution >= 4 is 127 Å². The van der Waals surface area contributed by atoms with Gasteiger partial charge in [0.1, 0.15) is 17.5 Å². The number of sulfonamides is 1. The smallest absolute Gasteiger partial charge is 0.261 e. The Kier molecular flexibility index (Phi) is 18.4. The molecule has 0 aliphatic heterocycles. The quantitative estimate of drug-likeness (QED) is 0.0711. The second-order valence-electron chi connectivity index (χ2n) is 13.8. The maximum atomic E-state index is 13.6. The van der Waals surface area contributed by atoms with E-state index in [-0.39, 0.29) is 41.4 Å². The summed E-state index contributed by atoms with van der Waals surface area (Å²) in [6, 6.07) is 22.6. The van der Waals surface area contributed by atoms with Crippen molar-refractivity contribution in [2.24, 2.45) is 0 Å². The van der Waals surface area contributed by atoms with Gasteiger partial charge in [0.05, 0.1) is 30.5 Å². The summed E-state index contributed by atoms with van der Waals surface area (Å²) < 4.78 is 88.9. The zero-order chi connectivity index (χ0) is 43.0. The number of nitrogen functional groups attached to an aromatic ring is 2. The van der Waals surface area contributed by atoms with Gasteiger partial charge in [-0.15, -0.1) is 0 Å². The Bertz CT molecular complexity index is 2310. The zero-order valence-electron chi connectivity index (χ0n) is 30.7. The molecule has 5 aromatic carbocycles. The molecule has 5 aromatic rings. The first-order valence-corrected chi connectivity index (χ1v) is 23.0. The third kappa shape index (κ3) is 15.9. The molecule has 7 nitrogen and oxygen atoms in total. The molecule has 0 spiro atoms. The standard InChI is InChI=1S/C16H16ClFINO2S.C10H13ClO2S.C6H4ClFIN.C6H5ClFN/c1-16(2,3)10-4-6-11(7-5-10)23(21,22)20-15-9-13(18)12(17)8-14(15)19;1-10(2,3)8-4-6-9(7-5-8)14(11,12)13;7-3-1-5(9)6(10)2-4(3)8;7-5-2-1-4(9)3-6(5)8/h4-9,20H,1-3H3;4-7H,1-3H3;1-2H,10H2;1-3H,9H2. The number of nitrogens with one attached hydrogen (secondary N) is 1.